The van der Waals surface area contributed by atoms with Crippen molar-refractivity contribution in [3.05, 3.63) is 199 Å². The van der Waals surface area contributed by atoms with E-state index in [9.17, 15) is 0 Å². The van der Waals surface area contributed by atoms with E-state index in [0.29, 0.717) is 11.8 Å². The van der Waals surface area contributed by atoms with E-state index in [1.54, 1.807) is 0 Å². The molecule has 290 valence electrons. The van der Waals surface area contributed by atoms with Crippen molar-refractivity contribution in [2.75, 3.05) is 0 Å². The van der Waals surface area contributed by atoms with Gasteiger partial charge in [-0.1, -0.05) is 121 Å². The third-order valence-corrected chi connectivity index (χ3v) is 13.9. The smallest absolute Gasteiger partial charge is 0.234 e. The second kappa shape index (κ2) is 12.8. The predicted molar refractivity (Wildman–Crippen MR) is 260 cm³/mol. The Morgan fingerprint density at radius 2 is 1.08 bits per heavy atom. The normalized spacial score (nSPS) is 14.6. The summed E-state index contributed by atoms with van der Waals surface area (Å²) in [4.78, 5) is 11.1. The lowest BCUT2D eigenvalue weighted by molar-refractivity contribution is 0.662. The number of aliphatic imine (C=N–C) groups is 2. The van der Waals surface area contributed by atoms with Crippen LogP contribution in [0.4, 0.5) is 0 Å². The van der Waals surface area contributed by atoms with E-state index >= 15 is 0 Å². The van der Waals surface area contributed by atoms with Crippen molar-refractivity contribution in [1.29, 1.82) is 0 Å². The summed E-state index contributed by atoms with van der Waals surface area (Å²) < 4.78 is 14.1. The molecule has 1 atom stereocenters. The molecule has 9 aromatic carbocycles. The zero-order valence-electron chi connectivity index (χ0n) is 33.1. The van der Waals surface area contributed by atoms with E-state index in [1.165, 1.54) is 41.7 Å². The van der Waals surface area contributed by atoms with Gasteiger partial charge in [-0.25, -0.2) is 4.99 Å². The molecule has 0 spiro atoms. The predicted octanol–water partition coefficient (Wildman–Crippen LogP) is 14.3. The van der Waals surface area contributed by atoms with Crippen LogP contribution in [-0.4, -0.2) is 20.9 Å². The highest BCUT2D eigenvalue weighted by Gasteiger charge is 2.29. The van der Waals surface area contributed by atoms with Crippen molar-refractivity contribution in [2.45, 2.75) is 6.17 Å². The maximum atomic E-state index is 6.99. The number of furan rings is 1. The summed E-state index contributed by atoms with van der Waals surface area (Å²) in [6.45, 7) is 0. The molecule has 1 unspecified atom stereocenters. The quantitative estimate of drug-likeness (QED) is 0.193. The van der Waals surface area contributed by atoms with E-state index in [4.69, 9.17) is 14.4 Å². The molecule has 0 saturated heterocycles. The topological polar surface area (TPSA) is 59.8 Å². The molecule has 5 heterocycles. The molecule has 0 bridgehead atoms. The van der Waals surface area contributed by atoms with Gasteiger partial charge in [0.2, 0.25) is 5.96 Å². The van der Waals surface area contributed by atoms with Gasteiger partial charge < -0.3 is 14.3 Å². The standard InChI is InChI=1S/C55H33N5OS/c1-2-14-33-31-47-42(29-32(33)13-1)37-17-5-8-20-44(37)59(47)51-41(27-26-40-38-18-6-11-23-48(38)61-52(40)51)54-56-53(34-25-28-50-43(30-34)39-19-7-12-24-49(39)62-50)57-55(58-54)60-45-21-9-3-15-35(45)36-16-4-10-22-46(36)60/h1-31,53H,(H,56,57,58). The molecule has 6 nitrogen and oxygen atoms in total. The number of para-hydroxylation sites is 4. The van der Waals surface area contributed by atoms with Gasteiger partial charge in [0.05, 0.1) is 22.1 Å². The number of benzene rings is 9. The Morgan fingerprint density at radius 3 is 1.85 bits per heavy atom. The molecule has 14 rings (SSSR count). The first-order valence-electron chi connectivity index (χ1n) is 20.9. The van der Waals surface area contributed by atoms with Crippen molar-refractivity contribution in [3.8, 4) is 5.69 Å². The van der Waals surface area contributed by atoms with Crippen LogP contribution < -0.4 is 5.32 Å². The number of nitrogens with one attached hydrogen (secondary N) is 1. The Kier molecular flexibility index (Phi) is 6.95. The Labute approximate surface area is 357 Å². The monoisotopic (exact) mass is 811 g/mol. The van der Waals surface area contributed by atoms with E-state index in [-0.39, 0.29) is 0 Å². The Balaban J connectivity index is 1.09. The van der Waals surface area contributed by atoms with Crippen LogP contribution >= 0.6 is 11.3 Å². The molecule has 7 heteroatoms. The largest absolute Gasteiger partial charge is 0.454 e. The molecular formula is C55H33N5OS. The van der Waals surface area contributed by atoms with E-state index in [1.807, 2.05) is 17.4 Å². The number of nitrogens with zero attached hydrogens (tertiary/aromatic N) is 4. The molecule has 0 fully saturated rings. The zero-order chi connectivity index (χ0) is 40.5. The number of hydrogen-bond acceptors (Lipinski definition) is 5. The van der Waals surface area contributed by atoms with Crippen LogP contribution in [0.15, 0.2) is 202 Å². The summed E-state index contributed by atoms with van der Waals surface area (Å²) in [6, 6.07) is 67.2. The van der Waals surface area contributed by atoms with Gasteiger partial charge in [-0.3, -0.25) is 4.57 Å². The molecule has 1 N–H and O–H groups in total. The molecular weight excluding hydrogens is 779 g/mol. The van der Waals surface area contributed by atoms with Gasteiger partial charge in [-0.05, 0) is 83.1 Å². The number of amidine groups is 1. The van der Waals surface area contributed by atoms with E-state index in [2.05, 4.69) is 196 Å². The van der Waals surface area contributed by atoms with Crippen LogP contribution in [0.3, 0.4) is 0 Å². The SMILES string of the molecule is c1ccc2cc3c(cc2c1)c1ccccc1n3-c1c(C2=NC(n3c4ccccc4c4ccccc43)=NC(c3ccc4sc5ccccc5c4c3)N2)ccc2c1oc1ccccc12. The number of thiophene rings is 1. The number of hydrogen-bond donors (Lipinski definition) is 1. The fourth-order valence-corrected chi connectivity index (χ4v) is 11.1. The molecule has 0 radical (unpaired) electrons. The lowest BCUT2D eigenvalue weighted by atomic mass is 10.0. The van der Waals surface area contributed by atoms with Crippen molar-refractivity contribution in [3.63, 3.8) is 0 Å². The minimum Gasteiger partial charge on any atom is -0.454 e. The van der Waals surface area contributed by atoms with Gasteiger partial charge in [0, 0.05) is 58.1 Å². The van der Waals surface area contributed by atoms with Crippen LogP contribution in [-0.2, 0) is 0 Å². The fourth-order valence-electron chi connectivity index (χ4n) is 9.98. The molecule has 0 saturated carbocycles. The van der Waals surface area contributed by atoms with Gasteiger partial charge in [0.1, 0.15) is 23.3 Å². The van der Waals surface area contributed by atoms with E-state index < -0.39 is 6.17 Å². The number of rotatable bonds is 3. The highest BCUT2D eigenvalue weighted by Crippen LogP contribution is 2.42. The fraction of sp³-hybridized carbons (Fsp3) is 0.0182. The zero-order valence-corrected chi connectivity index (χ0v) is 33.9. The molecule has 0 aliphatic carbocycles. The highest BCUT2D eigenvalue weighted by atomic mass is 32.1. The highest BCUT2D eigenvalue weighted by molar-refractivity contribution is 7.25. The van der Waals surface area contributed by atoms with Crippen molar-refractivity contribution >= 4 is 120 Å². The third kappa shape index (κ3) is 4.79. The van der Waals surface area contributed by atoms with Gasteiger partial charge in [0.15, 0.2) is 5.58 Å². The average Bonchev–Trinajstić information content (AvgIpc) is 4.08. The van der Waals surface area contributed by atoms with Crippen LogP contribution in [0.5, 0.6) is 0 Å². The van der Waals surface area contributed by atoms with Crippen molar-refractivity contribution in [1.82, 2.24) is 14.5 Å². The molecule has 1 aliphatic rings. The Bertz CT molecular complexity index is 4050. The van der Waals surface area contributed by atoms with Gasteiger partial charge >= 0.3 is 0 Å². The first-order valence-corrected chi connectivity index (χ1v) is 21.7. The first-order chi connectivity index (χ1) is 30.7. The van der Waals surface area contributed by atoms with Crippen molar-refractivity contribution in [2.24, 2.45) is 9.98 Å². The van der Waals surface area contributed by atoms with Crippen LogP contribution in [0.2, 0.25) is 0 Å². The van der Waals surface area contributed by atoms with Gasteiger partial charge in [-0.2, -0.15) is 4.99 Å². The van der Waals surface area contributed by atoms with Gasteiger partial charge in [0.25, 0.3) is 0 Å². The number of fused-ring (bicyclic) bond motifs is 13. The van der Waals surface area contributed by atoms with Gasteiger partial charge in [-0.15, -0.1) is 11.3 Å². The second-order valence-electron chi connectivity index (χ2n) is 16.2. The summed E-state index contributed by atoms with van der Waals surface area (Å²) in [6.07, 6.45) is -0.457. The molecule has 13 aromatic rings. The maximum Gasteiger partial charge on any atom is 0.234 e. The second-order valence-corrected chi connectivity index (χ2v) is 17.2. The molecule has 0 amide bonds. The summed E-state index contributed by atoms with van der Waals surface area (Å²) in [5.41, 5.74) is 8.82. The summed E-state index contributed by atoms with van der Waals surface area (Å²) >= 11 is 1.82. The molecule has 1 aliphatic heterocycles. The molecule has 4 aromatic heterocycles. The van der Waals surface area contributed by atoms with Crippen LogP contribution in [0, 0.1) is 0 Å². The summed E-state index contributed by atoms with van der Waals surface area (Å²) in [7, 11) is 0. The summed E-state index contributed by atoms with van der Waals surface area (Å²) in [5.74, 6) is 1.32. The minimum absolute atomic E-state index is 0.457. The van der Waals surface area contributed by atoms with Crippen molar-refractivity contribution < 1.29 is 4.42 Å². The lowest BCUT2D eigenvalue weighted by Crippen LogP contribution is -2.35. The number of aromatic nitrogens is 2. The van der Waals surface area contributed by atoms with E-state index in [0.717, 1.165) is 71.6 Å². The van der Waals surface area contributed by atoms with Crippen LogP contribution in [0.25, 0.3) is 102 Å². The average molecular weight is 812 g/mol. The Hall–Kier alpha value is -8.00. The maximum absolute atomic E-state index is 6.99. The molecule has 62 heavy (non-hydrogen) atoms. The van der Waals surface area contributed by atoms with Crippen LogP contribution in [0.1, 0.15) is 17.3 Å². The summed E-state index contributed by atoms with van der Waals surface area (Å²) in [5, 5.41) is 15.5. The minimum atomic E-state index is -0.457. The third-order valence-electron chi connectivity index (χ3n) is 12.8. The Morgan fingerprint density at radius 1 is 0.468 bits per heavy atom. The lowest BCUT2D eigenvalue weighted by Gasteiger charge is -2.26. The first kappa shape index (κ1) is 33.8.